The van der Waals surface area contributed by atoms with E-state index < -0.39 is 0 Å². The van der Waals surface area contributed by atoms with Crippen LogP contribution in [-0.4, -0.2) is 31.7 Å². The second-order valence-corrected chi connectivity index (χ2v) is 9.82. The Balaban J connectivity index is 1.44. The van der Waals surface area contributed by atoms with Gasteiger partial charge >= 0.3 is 0 Å². The zero-order valence-electron chi connectivity index (χ0n) is 20.0. The summed E-state index contributed by atoms with van der Waals surface area (Å²) in [4.78, 5) is 28.7. The van der Waals surface area contributed by atoms with Gasteiger partial charge in [-0.15, -0.1) is 0 Å². The quantitative estimate of drug-likeness (QED) is 0.754. The number of pyridine rings is 1. The first-order valence-corrected chi connectivity index (χ1v) is 12.6. The van der Waals surface area contributed by atoms with Gasteiger partial charge in [-0.1, -0.05) is 50.7 Å². The lowest BCUT2D eigenvalue weighted by molar-refractivity contribution is -0.281. The third-order valence-electron chi connectivity index (χ3n) is 7.57. The fourth-order valence-corrected chi connectivity index (χ4v) is 5.64. The van der Waals surface area contributed by atoms with Crippen LogP contribution in [0.3, 0.4) is 0 Å². The number of fused-ring (bicyclic) bond motifs is 1. The molecule has 2 aromatic rings. The largest absolute Gasteiger partial charge is 0.858 e. The van der Waals surface area contributed by atoms with Crippen LogP contribution in [0.15, 0.2) is 16.0 Å². The highest BCUT2D eigenvalue weighted by Gasteiger charge is 2.33. The highest BCUT2D eigenvalue weighted by Crippen LogP contribution is 2.32. The molecule has 8 heteroatoms. The lowest BCUT2D eigenvalue weighted by Crippen LogP contribution is -2.39. The Labute approximate surface area is 198 Å². The highest BCUT2D eigenvalue weighted by atomic mass is 16.3. The topological polar surface area (TPSA) is 106 Å². The van der Waals surface area contributed by atoms with Gasteiger partial charge in [-0.3, -0.25) is 14.3 Å². The first kappa shape index (κ1) is 22.6. The van der Waals surface area contributed by atoms with Crippen molar-refractivity contribution in [2.45, 2.75) is 90.1 Å². The Hall–Kier alpha value is -3.16. The number of aryl methyl sites for hydroxylation is 1. The van der Waals surface area contributed by atoms with Crippen LogP contribution in [0.25, 0.3) is 12.2 Å². The van der Waals surface area contributed by atoms with Crippen molar-refractivity contribution in [3.8, 4) is 5.88 Å². The van der Waals surface area contributed by atoms with Crippen LogP contribution in [0.4, 0.5) is 0 Å². The van der Waals surface area contributed by atoms with E-state index in [1.165, 1.54) is 12.8 Å². The number of aromatic amines is 1. The molecule has 0 aromatic carbocycles. The van der Waals surface area contributed by atoms with Gasteiger partial charge in [-0.2, -0.15) is 10.2 Å². The molecule has 5 rings (SSSR count). The molecule has 2 fully saturated rings. The van der Waals surface area contributed by atoms with E-state index in [2.05, 4.69) is 15.2 Å². The van der Waals surface area contributed by atoms with Crippen LogP contribution in [0.1, 0.15) is 97.4 Å². The molecule has 34 heavy (non-hydrogen) atoms. The number of allylic oxidation sites excluding steroid dienone is 1. The minimum atomic E-state index is -0.292. The van der Waals surface area contributed by atoms with Crippen molar-refractivity contribution in [3.05, 3.63) is 49.5 Å². The van der Waals surface area contributed by atoms with Gasteiger partial charge in [0, 0.05) is 10.8 Å². The van der Waals surface area contributed by atoms with Gasteiger partial charge in [0.1, 0.15) is 0 Å². The molecule has 1 N–H and O–H groups in total. The number of aromatic nitrogens is 3. The third kappa shape index (κ3) is 3.99. The third-order valence-corrected chi connectivity index (χ3v) is 7.57. The summed E-state index contributed by atoms with van der Waals surface area (Å²) in [6.45, 7) is 3.63. The summed E-state index contributed by atoms with van der Waals surface area (Å²) >= 11 is 0. The molecule has 180 valence electrons. The van der Waals surface area contributed by atoms with E-state index in [1.54, 1.807) is 34.8 Å². The number of nitrogens with zero attached hydrogens (tertiary/aromatic N) is 4. The predicted octanol–water partition coefficient (Wildman–Crippen LogP) is 2.58. The van der Waals surface area contributed by atoms with Crippen molar-refractivity contribution >= 4 is 18.1 Å². The summed E-state index contributed by atoms with van der Waals surface area (Å²) in [5.41, 5.74) is 2.39. The molecule has 0 atom stereocenters. The Morgan fingerprint density at radius 1 is 0.971 bits per heavy atom. The van der Waals surface area contributed by atoms with Crippen LogP contribution >= 0.6 is 0 Å². The number of nitrogens with one attached hydrogen (secondary N) is 1. The lowest BCUT2D eigenvalue weighted by atomic mass is 9.95. The maximum Gasteiger partial charge on any atom is 0.278 e. The molecular formula is C26H32N5O3-. The summed E-state index contributed by atoms with van der Waals surface area (Å²) < 4.78 is 1.64. The number of hydrogen-bond acceptors (Lipinski definition) is 5. The molecule has 3 heterocycles. The Morgan fingerprint density at radius 3 is 2.29 bits per heavy atom. The van der Waals surface area contributed by atoms with Gasteiger partial charge in [-0.05, 0) is 57.1 Å². The molecule has 0 saturated heterocycles. The summed E-state index contributed by atoms with van der Waals surface area (Å²) in [5, 5.41) is 23.9. The van der Waals surface area contributed by atoms with E-state index in [1.807, 2.05) is 6.92 Å². The van der Waals surface area contributed by atoms with Gasteiger partial charge < -0.3 is 10.1 Å². The average Bonchev–Trinajstić information content (AvgIpc) is 3.32. The lowest BCUT2D eigenvalue weighted by Gasteiger charge is -2.27. The number of amides is 1. The molecule has 2 aromatic heterocycles. The number of rotatable bonds is 4. The monoisotopic (exact) mass is 462 g/mol. The van der Waals surface area contributed by atoms with Crippen LogP contribution in [0.5, 0.6) is 5.88 Å². The number of carbonyl (C=O) groups is 1. The zero-order chi connectivity index (χ0) is 23.8. The molecular weight excluding hydrogens is 430 g/mol. The second-order valence-electron chi connectivity index (χ2n) is 9.82. The van der Waals surface area contributed by atoms with Crippen molar-refractivity contribution in [1.29, 1.82) is 0 Å². The summed E-state index contributed by atoms with van der Waals surface area (Å²) in [6, 6.07) is 0.276. The Kier molecular flexibility index (Phi) is 6.15. The second kappa shape index (κ2) is 9.24. The van der Waals surface area contributed by atoms with Crippen LogP contribution in [0, 0.1) is 13.8 Å². The fraction of sp³-hybridized carbons (Fsp3) is 0.538. The Bertz CT molecular complexity index is 1310. The number of hydrogen-bond donors (Lipinski definition) is 1. The standard InChI is InChI=1S/C26H33N5O3/c1-16-20(14-9-15-21-17(2)28-30(25(21)33)18-10-5-3-6-11-18)24(32)27-23-22(16)26(34)31(29-23)19-12-7-4-8-13-19/h9,14-15,18-19,33H,3-8,10-13H2,1-2H3,(H,27,29,32)/p-1/b15-9?,20-14+. The number of H-pyrrole nitrogens is 1. The predicted molar refractivity (Wildman–Crippen MR) is 128 cm³/mol. The van der Waals surface area contributed by atoms with Crippen molar-refractivity contribution in [2.75, 3.05) is 0 Å². The van der Waals surface area contributed by atoms with Gasteiger partial charge in [0.15, 0.2) is 5.49 Å². The maximum atomic E-state index is 13.1. The van der Waals surface area contributed by atoms with E-state index in [4.69, 9.17) is 0 Å². The minimum Gasteiger partial charge on any atom is -0.858 e. The first-order chi connectivity index (χ1) is 16.5. The van der Waals surface area contributed by atoms with E-state index in [9.17, 15) is 14.7 Å². The van der Waals surface area contributed by atoms with Gasteiger partial charge in [0.25, 0.3) is 11.5 Å². The van der Waals surface area contributed by atoms with Crippen molar-refractivity contribution < 1.29 is 9.90 Å². The minimum absolute atomic E-state index is 0.0780. The van der Waals surface area contributed by atoms with Crippen LogP contribution in [0.2, 0.25) is 0 Å². The molecule has 3 aliphatic rings. The zero-order valence-corrected chi connectivity index (χ0v) is 20.0. The van der Waals surface area contributed by atoms with Crippen molar-refractivity contribution in [3.63, 3.8) is 0 Å². The normalized spacial score (nSPS) is 20.4. The highest BCUT2D eigenvalue weighted by molar-refractivity contribution is 5.96. The molecule has 0 radical (unpaired) electrons. The summed E-state index contributed by atoms with van der Waals surface area (Å²) in [5.74, 6) is -0.216. The van der Waals surface area contributed by atoms with Gasteiger partial charge in [0.2, 0.25) is 0 Å². The maximum absolute atomic E-state index is 13.1. The molecule has 0 bridgehead atoms. The fourth-order valence-electron chi connectivity index (χ4n) is 5.64. The Morgan fingerprint density at radius 2 is 1.62 bits per heavy atom. The molecule has 1 amide bonds. The van der Waals surface area contributed by atoms with Crippen molar-refractivity contribution in [2.24, 2.45) is 5.10 Å². The van der Waals surface area contributed by atoms with Crippen LogP contribution in [-0.2, 0) is 0 Å². The molecule has 2 saturated carbocycles. The van der Waals surface area contributed by atoms with E-state index in [-0.39, 0.29) is 29.4 Å². The molecule has 1 aliphatic heterocycles. The van der Waals surface area contributed by atoms with Gasteiger partial charge in [0.05, 0.1) is 23.3 Å². The first-order valence-electron chi connectivity index (χ1n) is 12.6. The average molecular weight is 463 g/mol. The molecule has 2 aliphatic carbocycles. The van der Waals surface area contributed by atoms with E-state index >= 15 is 0 Å². The van der Waals surface area contributed by atoms with Crippen molar-refractivity contribution in [1.82, 2.24) is 19.8 Å². The summed E-state index contributed by atoms with van der Waals surface area (Å²) in [7, 11) is 0. The van der Waals surface area contributed by atoms with E-state index in [0.717, 1.165) is 51.4 Å². The van der Waals surface area contributed by atoms with Gasteiger partial charge in [-0.25, -0.2) is 5.01 Å². The number of carbonyl (C=O) groups excluding carboxylic acids is 1. The summed E-state index contributed by atoms with van der Waals surface area (Å²) in [6.07, 6.45) is 15.8. The van der Waals surface area contributed by atoms with E-state index in [0.29, 0.717) is 33.1 Å². The molecule has 8 nitrogen and oxygen atoms in total. The molecule has 0 unspecified atom stereocenters. The smallest absolute Gasteiger partial charge is 0.278 e. The molecule has 0 spiro atoms. The van der Waals surface area contributed by atoms with Crippen LogP contribution < -0.4 is 21.4 Å². The SMILES string of the molecule is Cc1nn(C2CCCCC2)c([O-])c1C=C/C=c1\c(C)c2c([nH]c1=O)=NN(C1CCCCC1)C2=O.